The highest BCUT2D eigenvalue weighted by atomic mass is 16.6. The van der Waals surface area contributed by atoms with Gasteiger partial charge in [0, 0.05) is 6.21 Å². The summed E-state index contributed by atoms with van der Waals surface area (Å²) < 4.78 is 12.1. The molecule has 0 bridgehead atoms. The molecule has 3 nitrogen and oxygen atoms in total. The molecule has 1 aliphatic rings. The van der Waals surface area contributed by atoms with Gasteiger partial charge in [0.2, 0.25) is 0 Å². The van der Waals surface area contributed by atoms with Gasteiger partial charge in [-0.15, -0.1) is 0 Å². The van der Waals surface area contributed by atoms with E-state index in [9.17, 15) is 0 Å². The molecule has 0 amide bonds. The van der Waals surface area contributed by atoms with E-state index >= 15 is 0 Å². The normalized spacial score (nSPS) is 18.1. The molecule has 0 unspecified atom stereocenters. The van der Waals surface area contributed by atoms with Gasteiger partial charge < -0.3 is 9.31 Å². The summed E-state index contributed by atoms with van der Waals surface area (Å²) in [6.07, 6.45) is 1.89. The maximum Gasteiger partial charge on any atom is 0.495 e. The Morgan fingerprint density at radius 1 is 0.926 bits per heavy atom. The van der Waals surface area contributed by atoms with Gasteiger partial charge in [-0.3, -0.25) is 4.99 Å². The Morgan fingerprint density at radius 2 is 1.59 bits per heavy atom. The predicted octanol–water partition coefficient (Wildman–Crippen LogP) is 4.35. The lowest BCUT2D eigenvalue weighted by molar-refractivity contribution is 0.241. The minimum atomic E-state index is -0.370. The molecule has 4 heteroatoms. The average Bonchev–Trinajstić information content (AvgIpc) is 3.23. The van der Waals surface area contributed by atoms with E-state index in [4.69, 9.17) is 14.3 Å². The minimum Gasteiger partial charge on any atom is -0.404 e. The summed E-state index contributed by atoms with van der Waals surface area (Å²) in [4.78, 5) is 4.74. The Kier molecular flexibility index (Phi) is 5.47. The molecule has 3 aromatic carbocycles. The van der Waals surface area contributed by atoms with E-state index in [2.05, 4.69) is 37.3 Å². The van der Waals surface area contributed by atoms with Crippen LogP contribution < -0.4 is 5.46 Å². The monoisotopic (exact) mass is 355 g/mol. The van der Waals surface area contributed by atoms with Crippen LogP contribution in [-0.2, 0) is 9.31 Å². The van der Waals surface area contributed by atoms with Crippen molar-refractivity contribution in [3.8, 4) is 0 Å². The van der Waals surface area contributed by atoms with Gasteiger partial charge in [-0.25, -0.2) is 0 Å². The van der Waals surface area contributed by atoms with Crippen molar-refractivity contribution in [3.05, 3.63) is 102 Å². The predicted molar refractivity (Wildman–Crippen MR) is 111 cm³/mol. The second-order valence-corrected chi connectivity index (χ2v) is 6.69. The maximum absolute atomic E-state index is 6.18. The van der Waals surface area contributed by atoms with Gasteiger partial charge in [0.15, 0.2) is 0 Å². The summed E-state index contributed by atoms with van der Waals surface area (Å²) >= 11 is 0. The van der Waals surface area contributed by atoms with Crippen LogP contribution in [0.15, 0.2) is 89.9 Å². The molecule has 1 fully saturated rings. The SMILES string of the molecule is C[C@H](N=Cc1ccccc1B1OC[C@H](c2ccccc2)O1)c1ccccc1. The lowest BCUT2D eigenvalue weighted by Crippen LogP contribution is -2.34. The second kappa shape index (κ2) is 8.34. The van der Waals surface area contributed by atoms with Crippen LogP contribution >= 0.6 is 0 Å². The van der Waals surface area contributed by atoms with Crippen LogP contribution in [0.25, 0.3) is 0 Å². The molecule has 0 aromatic heterocycles. The minimum absolute atomic E-state index is 0.0376. The van der Waals surface area contributed by atoms with Crippen LogP contribution in [0.2, 0.25) is 0 Å². The van der Waals surface area contributed by atoms with E-state index in [0.29, 0.717) is 6.61 Å². The smallest absolute Gasteiger partial charge is 0.404 e. The van der Waals surface area contributed by atoms with E-state index in [1.54, 1.807) is 0 Å². The molecule has 4 rings (SSSR count). The Morgan fingerprint density at radius 3 is 2.37 bits per heavy atom. The number of nitrogens with zero attached hydrogens (tertiary/aromatic N) is 1. The zero-order valence-corrected chi connectivity index (χ0v) is 15.4. The van der Waals surface area contributed by atoms with Crippen molar-refractivity contribution in [2.45, 2.75) is 19.1 Å². The summed E-state index contributed by atoms with van der Waals surface area (Å²) in [7, 11) is -0.370. The second-order valence-electron chi connectivity index (χ2n) is 6.69. The first-order valence-corrected chi connectivity index (χ1v) is 9.30. The Balaban J connectivity index is 1.51. The molecule has 0 aliphatic carbocycles. The third kappa shape index (κ3) is 4.18. The highest BCUT2D eigenvalue weighted by molar-refractivity contribution is 6.63. The first-order chi connectivity index (χ1) is 13.3. The molecule has 1 saturated heterocycles. The molecular formula is C23H22BNO2. The van der Waals surface area contributed by atoms with E-state index in [0.717, 1.165) is 16.6 Å². The molecule has 3 aromatic rings. The van der Waals surface area contributed by atoms with Gasteiger partial charge in [-0.05, 0) is 29.1 Å². The van der Waals surface area contributed by atoms with Crippen LogP contribution in [0.3, 0.4) is 0 Å². The van der Waals surface area contributed by atoms with Crippen molar-refractivity contribution < 1.29 is 9.31 Å². The summed E-state index contributed by atoms with van der Waals surface area (Å²) in [6.45, 7) is 2.66. The van der Waals surface area contributed by atoms with E-state index in [1.807, 2.05) is 60.8 Å². The zero-order chi connectivity index (χ0) is 18.5. The van der Waals surface area contributed by atoms with Gasteiger partial charge in [0.05, 0.1) is 18.8 Å². The molecule has 0 saturated carbocycles. The van der Waals surface area contributed by atoms with Crippen LogP contribution in [0.1, 0.15) is 35.8 Å². The number of benzene rings is 3. The van der Waals surface area contributed by atoms with Crippen molar-refractivity contribution in [2.24, 2.45) is 4.99 Å². The zero-order valence-electron chi connectivity index (χ0n) is 15.4. The first kappa shape index (κ1) is 17.7. The molecule has 0 spiro atoms. The maximum atomic E-state index is 6.18. The van der Waals surface area contributed by atoms with E-state index in [1.165, 1.54) is 5.56 Å². The molecule has 134 valence electrons. The molecule has 2 atom stereocenters. The summed E-state index contributed by atoms with van der Waals surface area (Å²) in [5.74, 6) is 0. The first-order valence-electron chi connectivity index (χ1n) is 9.30. The van der Waals surface area contributed by atoms with Crippen LogP contribution in [-0.4, -0.2) is 19.9 Å². The lowest BCUT2D eigenvalue weighted by atomic mass is 9.76. The van der Waals surface area contributed by atoms with Crippen molar-refractivity contribution >= 4 is 18.8 Å². The largest absolute Gasteiger partial charge is 0.495 e. The molecule has 0 N–H and O–H groups in total. The number of rotatable bonds is 5. The van der Waals surface area contributed by atoms with Crippen molar-refractivity contribution in [1.29, 1.82) is 0 Å². The quantitative estimate of drug-likeness (QED) is 0.503. The van der Waals surface area contributed by atoms with Crippen LogP contribution in [0.5, 0.6) is 0 Å². The fourth-order valence-electron chi connectivity index (χ4n) is 3.26. The summed E-state index contributed by atoms with van der Waals surface area (Å²) in [5.41, 5.74) is 4.38. The van der Waals surface area contributed by atoms with E-state index in [-0.39, 0.29) is 19.3 Å². The van der Waals surface area contributed by atoms with E-state index < -0.39 is 0 Å². The molecule has 27 heavy (non-hydrogen) atoms. The average molecular weight is 355 g/mol. The lowest BCUT2D eigenvalue weighted by Gasteiger charge is -2.12. The van der Waals surface area contributed by atoms with Gasteiger partial charge in [-0.2, -0.15) is 0 Å². The number of aliphatic imine (C=N–C) groups is 1. The van der Waals surface area contributed by atoms with Crippen LogP contribution in [0, 0.1) is 0 Å². The summed E-state index contributed by atoms with van der Waals surface area (Å²) in [6, 6.07) is 28.7. The Bertz CT molecular complexity index is 899. The van der Waals surface area contributed by atoms with Crippen LogP contribution in [0.4, 0.5) is 0 Å². The Labute approximate surface area is 160 Å². The van der Waals surface area contributed by atoms with Crippen molar-refractivity contribution in [3.63, 3.8) is 0 Å². The third-order valence-electron chi connectivity index (χ3n) is 4.83. The highest BCUT2D eigenvalue weighted by Crippen LogP contribution is 2.24. The topological polar surface area (TPSA) is 30.8 Å². The fourth-order valence-corrected chi connectivity index (χ4v) is 3.26. The number of hydrogen-bond acceptors (Lipinski definition) is 3. The third-order valence-corrected chi connectivity index (χ3v) is 4.83. The molecule has 1 aliphatic heterocycles. The highest BCUT2D eigenvalue weighted by Gasteiger charge is 2.34. The van der Waals surface area contributed by atoms with Gasteiger partial charge >= 0.3 is 7.12 Å². The van der Waals surface area contributed by atoms with Crippen molar-refractivity contribution in [1.82, 2.24) is 0 Å². The summed E-state index contributed by atoms with van der Waals surface area (Å²) in [5, 5.41) is 0. The van der Waals surface area contributed by atoms with Gasteiger partial charge in [0.1, 0.15) is 0 Å². The molecule has 1 heterocycles. The standard InChI is InChI=1S/C23H22BNO2/c1-18(19-10-4-2-5-11-19)25-16-21-14-8-9-15-22(21)24-26-17-23(27-24)20-12-6-3-7-13-20/h2-16,18,23H,17H2,1H3/t18-,23+/m0/s1. The molecular weight excluding hydrogens is 333 g/mol. The van der Waals surface area contributed by atoms with Gasteiger partial charge in [0.25, 0.3) is 0 Å². The van der Waals surface area contributed by atoms with Crippen molar-refractivity contribution in [2.75, 3.05) is 6.61 Å². The molecule has 0 radical (unpaired) electrons. The number of hydrogen-bond donors (Lipinski definition) is 0. The Hall–Kier alpha value is -2.69. The fraction of sp³-hybridized carbons (Fsp3) is 0.174. The van der Waals surface area contributed by atoms with Gasteiger partial charge in [-0.1, -0.05) is 84.9 Å².